The molecule has 2 unspecified atom stereocenters. The Hall–Kier alpha value is -3.04. The summed E-state index contributed by atoms with van der Waals surface area (Å²) in [6.07, 6.45) is 5.17. The molecule has 3 rings (SSSR count). The van der Waals surface area contributed by atoms with Gasteiger partial charge >= 0.3 is 0 Å². The molecular formula is C24H27FN2O5. The molecule has 0 fully saturated rings. The minimum atomic E-state index is -1.02. The standard InChI is InChI=1S/C24H27FN2O5/c1-16(30)24-26-10-11-27(24)19(13-28)7-4-17-2-5-18(6-3-17)22-9-8-21(12-23(22)25)32-15-20(31)14-29/h2-12,16,19-20,28-31H,13-15H2,1H3/b7-4+/t16-,19?,20?/m0/s1. The molecular weight excluding hydrogens is 415 g/mol. The van der Waals surface area contributed by atoms with Gasteiger partial charge in [0.1, 0.15) is 36.2 Å². The van der Waals surface area contributed by atoms with E-state index < -0.39 is 24.6 Å². The van der Waals surface area contributed by atoms with Gasteiger partial charge in [0.2, 0.25) is 0 Å². The van der Waals surface area contributed by atoms with Crippen molar-refractivity contribution in [2.24, 2.45) is 0 Å². The average molecular weight is 442 g/mol. The van der Waals surface area contributed by atoms with Crippen molar-refractivity contribution < 1.29 is 29.6 Å². The zero-order chi connectivity index (χ0) is 23.1. The van der Waals surface area contributed by atoms with Crippen LogP contribution in [0.3, 0.4) is 0 Å². The van der Waals surface area contributed by atoms with Crippen molar-refractivity contribution in [1.29, 1.82) is 0 Å². The molecule has 0 saturated heterocycles. The summed E-state index contributed by atoms with van der Waals surface area (Å²) >= 11 is 0. The van der Waals surface area contributed by atoms with Crippen LogP contribution < -0.4 is 4.74 Å². The number of aliphatic hydroxyl groups excluding tert-OH is 4. The predicted octanol–water partition coefficient (Wildman–Crippen LogP) is 2.72. The van der Waals surface area contributed by atoms with Crippen molar-refractivity contribution in [3.63, 3.8) is 0 Å². The van der Waals surface area contributed by atoms with E-state index in [-0.39, 0.29) is 25.0 Å². The molecule has 1 heterocycles. The maximum absolute atomic E-state index is 14.5. The molecule has 170 valence electrons. The maximum atomic E-state index is 14.5. The molecule has 0 aliphatic carbocycles. The molecule has 32 heavy (non-hydrogen) atoms. The molecule has 7 nitrogen and oxygen atoms in total. The number of rotatable bonds is 10. The summed E-state index contributed by atoms with van der Waals surface area (Å²) in [5.41, 5.74) is 1.96. The largest absolute Gasteiger partial charge is 0.491 e. The molecule has 4 N–H and O–H groups in total. The van der Waals surface area contributed by atoms with Crippen molar-refractivity contribution in [2.45, 2.75) is 25.2 Å². The van der Waals surface area contributed by atoms with Crippen LogP contribution in [0.15, 0.2) is 60.9 Å². The second-order valence-corrected chi connectivity index (χ2v) is 7.39. The lowest BCUT2D eigenvalue weighted by molar-refractivity contribution is 0.0535. The van der Waals surface area contributed by atoms with Gasteiger partial charge in [-0.3, -0.25) is 0 Å². The van der Waals surface area contributed by atoms with Crippen LogP contribution in [0.5, 0.6) is 5.75 Å². The Bertz CT molecular complexity index is 1030. The zero-order valence-electron chi connectivity index (χ0n) is 17.7. The summed E-state index contributed by atoms with van der Waals surface area (Å²) in [5.74, 6) is 0.276. The van der Waals surface area contributed by atoms with E-state index in [9.17, 15) is 19.7 Å². The summed E-state index contributed by atoms with van der Waals surface area (Å²) in [7, 11) is 0. The van der Waals surface area contributed by atoms with Crippen LogP contribution in [0.4, 0.5) is 4.39 Å². The van der Waals surface area contributed by atoms with E-state index in [0.717, 1.165) is 5.56 Å². The lowest BCUT2D eigenvalue weighted by atomic mass is 10.0. The molecule has 0 radical (unpaired) electrons. The molecule has 1 aromatic heterocycles. The topological polar surface area (TPSA) is 108 Å². The summed E-state index contributed by atoms with van der Waals surface area (Å²) < 4.78 is 21.5. The van der Waals surface area contributed by atoms with E-state index in [4.69, 9.17) is 9.84 Å². The molecule has 3 aromatic rings. The lowest BCUT2D eigenvalue weighted by Crippen LogP contribution is -2.21. The number of nitrogens with zero attached hydrogens (tertiary/aromatic N) is 2. The first kappa shape index (κ1) is 23.6. The van der Waals surface area contributed by atoms with Crippen molar-refractivity contribution in [1.82, 2.24) is 9.55 Å². The third-order valence-electron chi connectivity index (χ3n) is 4.94. The smallest absolute Gasteiger partial charge is 0.137 e. The van der Waals surface area contributed by atoms with E-state index in [0.29, 0.717) is 17.0 Å². The minimum Gasteiger partial charge on any atom is -0.491 e. The molecule has 0 aliphatic heterocycles. The summed E-state index contributed by atoms with van der Waals surface area (Å²) in [6, 6.07) is 11.3. The molecule has 0 bridgehead atoms. The highest BCUT2D eigenvalue weighted by Gasteiger charge is 2.14. The number of hydrogen-bond acceptors (Lipinski definition) is 6. The van der Waals surface area contributed by atoms with Gasteiger partial charge < -0.3 is 29.7 Å². The van der Waals surface area contributed by atoms with Gasteiger partial charge in [-0.1, -0.05) is 36.4 Å². The second kappa shape index (κ2) is 11.0. The van der Waals surface area contributed by atoms with Gasteiger partial charge in [-0.25, -0.2) is 9.37 Å². The van der Waals surface area contributed by atoms with Gasteiger partial charge in [0.25, 0.3) is 0 Å². The molecule has 2 aromatic carbocycles. The van der Waals surface area contributed by atoms with E-state index in [1.54, 1.807) is 48.1 Å². The first-order chi connectivity index (χ1) is 15.4. The summed E-state index contributed by atoms with van der Waals surface area (Å²) in [6.45, 7) is 0.916. The number of aliphatic hydroxyl groups is 4. The molecule has 0 spiro atoms. The van der Waals surface area contributed by atoms with Gasteiger partial charge in [0.15, 0.2) is 0 Å². The fourth-order valence-electron chi connectivity index (χ4n) is 3.23. The Balaban J connectivity index is 1.71. The van der Waals surface area contributed by atoms with E-state index in [1.165, 1.54) is 6.07 Å². The molecule has 0 amide bonds. The van der Waals surface area contributed by atoms with Crippen LogP contribution in [-0.2, 0) is 0 Å². The number of imidazole rings is 1. The number of aromatic nitrogens is 2. The fourth-order valence-corrected chi connectivity index (χ4v) is 3.23. The normalized spacial score (nSPS) is 14.4. The molecule has 8 heteroatoms. The van der Waals surface area contributed by atoms with Crippen molar-refractivity contribution in [3.8, 4) is 16.9 Å². The van der Waals surface area contributed by atoms with E-state index in [1.807, 2.05) is 24.3 Å². The summed E-state index contributed by atoms with van der Waals surface area (Å²) in [5, 5.41) is 37.7. The Labute approximate surface area is 185 Å². The Kier molecular flexibility index (Phi) is 8.13. The Morgan fingerprint density at radius 2 is 1.84 bits per heavy atom. The minimum absolute atomic E-state index is 0.122. The van der Waals surface area contributed by atoms with Crippen molar-refractivity contribution >= 4 is 6.08 Å². The van der Waals surface area contributed by atoms with Crippen LogP contribution in [0.25, 0.3) is 17.2 Å². The van der Waals surface area contributed by atoms with E-state index >= 15 is 0 Å². The molecule has 0 saturated carbocycles. The van der Waals surface area contributed by atoms with Gasteiger partial charge in [0.05, 0.1) is 19.3 Å². The Morgan fingerprint density at radius 3 is 2.47 bits per heavy atom. The second-order valence-electron chi connectivity index (χ2n) is 7.39. The zero-order valence-corrected chi connectivity index (χ0v) is 17.7. The van der Waals surface area contributed by atoms with Gasteiger partial charge in [-0.05, 0) is 30.2 Å². The number of benzene rings is 2. The average Bonchev–Trinajstić information content (AvgIpc) is 3.29. The van der Waals surface area contributed by atoms with Crippen molar-refractivity contribution in [3.05, 3.63) is 78.1 Å². The van der Waals surface area contributed by atoms with Crippen LogP contribution in [0, 0.1) is 5.82 Å². The predicted molar refractivity (Wildman–Crippen MR) is 118 cm³/mol. The summed E-state index contributed by atoms with van der Waals surface area (Å²) in [4.78, 5) is 4.12. The van der Waals surface area contributed by atoms with Crippen LogP contribution >= 0.6 is 0 Å². The first-order valence-electron chi connectivity index (χ1n) is 10.2. The van der Waals surface area contributed by atoms with Crippen molar-refractivity contribution in [2.75, 3.05) is 19.8 Å². The molecule has 3 atom stereocenters. The van der Waals surface area contributed by atoms with E-state index in [2.05, 4.69) is 4.98 Å². The third-order valence-corrected chi connectivity index (χ3v) is 4.94. The van der Waals surface area contributed by atoms with Gasteiger partial charge in [-0.2, -0.15) is 0 Å². The SMILES string of the molecule is C[C@H](O)c1nccn1C(/C=C/c1ccc(-c2ccc(OCC(O)CO)cc2F)cc1)CO. The van der Waals surface area contributed by atoms with Crippen LogP contribution in [0.1, 0.15) is 30.5 Å². The third kappa shape index (κ3) is 5.80. The highest BCUT2D eigenvalue weighted by atomic mass is 19.1. The van der Waals surface area contributed by atoms with Crippen LogP contribution in [-0.4, -0.2) is 55.9 Å². The Morgan fingerprint density at radius 1 is 1.09 bits per heavy atom. The van der Waals surface area contributed by atoms with Gasteiger partial charge in [0, 0.05) is 24.0 Å². The monoisotopic (exact) mass is 442 g/mol. The lowest BCUT2D eigenvalue weighted by Gasteiger charge is -2.16. The van der Waals surface area contributed by atoms with Gasteiger partial charge in [-0.15, -0.1) is 0 Å². The maximum Gasteiger partial charge on any atom is 0.137 e. The fraction of sp³-hybridized carbons (Fsp3) is 0.292. The first-order valence-corrected chi connectivity index (χ1v) is 10.2. The number of hydrogen-bond donors (Lipinski definition) is 4. The quantitative estimate of drug-likeness (QED) is 0.385. The highest BCUT2D eigenvalue weighted by Crippen LogP contribution is 2.27. The highest BCUT2D eigenvalue weighted by molar-refractivity contribution is 5.67. The van der Waals surface area contributed by atoms with Crippen LogP contribution in [0.2, 0.25) is 0 Å². The molecule has 0 aliphatic rings. The number of halogens is 1. The number of ether oxygens (including phenoxy) is 1.